The zero-order valence-corrected chi connectivity index (χ0v) is 11.7. The second kappa shape index (κ2) is 4.01. The Balaban J connectivity index is 2.16. The first-order chi connectivity index (χ1) is 8.61. The summed E-state index contributed by atoms with van der Waals surface area (Å²) in [5.74, 6) is 0.555. The predicted molar refractivity (Wildman–Crippen MR) is 78.8 cm³/mol. The van der Waals surface area contributed by atoms with Gasteiger partial charge in [-0.1, -0.05) is 30.7 Å². The van der Waals surface area contributed by atoms with E-state index >= 15 is 0 Å². The van der Waals surface area contributed by atoms with E-state index in [2.05, 4.69) is 51.2 Å². The van der Waals surface area contributed by atoms with Crippen LogP contribution < -0.4 is 5.32 Å². The number of benzene rings is 1. The lowest BCUT2D eigenvalue weighted by Gasteiger charge is -2.17. The number of anilines is 1. The summed E-state index contributed by atoms with van der Waals surface area (Å²) in [7, 11) is 0. The van der Waals surface area contributed by atoms with Crippen LogP contribution in [-0.4, -0.2) is 6.54 Å². The van der Waals surface area contributed by atoms with Crippen molar-refractivity contribution in [1.82, 2.24) is 0 Å². The smallest absolute Gasteiger partial charge is 0.0450 e. The highest BCUT2D eigenvalue weighted by Crippen LogP contribution is 2.45. The fourth-order valence-corrected chi connectivity index (χ4v) is 3.36. The highest BCUT2D eigenvalue weighted by atomic mass is 14.9. The van der Waals surface area contributed by atoms with E-state index in [1.807, 2.05) is 0 Å². The maximum atomic E-state index is 3.56. The van der Waals surface area contributed by atoms with Gasteiger partial charge in [0.1, 0.15) is 0 Å². The molecule has 1 heterocycles. The lowest BCUT2D eigenvalue weighted by atomic mass is 9.90. The molecule has 0 fully saturated rings. The molecule has 0 saturated heterocycles. The molecule has 0 bridgehead atoms. The molecule has 3 rings (SSSR count). The van der Waals surface area contributed by atoms with Crippen LogP contribution >= 0.6 is 0 Å². The first kappa shape index (κ1) is 11.6. The van der Waals surface area contributed by atoms with Crippen LogP contribution in [0.5, 0.6) is 0 Å². The van der Waals surface area contributed by atoms with Gasteiger partial charge < -0.3 is 5.32 Å². The third kappa shape index (κ3) is 1.46. The molecule has 1 unspecified atom stereocenters. The zero-order valence-electron chi connectivity index (χ0n) is 11.7. The molecule has 18 heavy (non-hydrogen) atoms. The van der Waals surface area contributed by atoms with Gasteiger partial charge in [-0.25, -0.2) is 0 Å². The minimum Gasteiger partial charge on any atom is -0.384 e. The second-order valence-electron chi connectivity index (χ2n) is 5.58. The molecule has 2 aliphatic rings. The van der Waals surface area contributed by atoms with Crippen LogP contribution in [0.15, 0.2) is 34.9 Å². The minimum atomic E-state index is 0.555. The van der Waals surface area contributed by atoms with E-state index in [0.29, 0.717) is 5.92 Å². The summed E-state index contributed by atoms with van der Waals surface area (Å²) in [5.41, 5.74) is 10.3. The summed E-state index contributed by atoms with van der Waals surface area (Å²) < 4.78 is 0. The van der Waals surface area contributed by atoms with Crippen LogP contribution in [0.1, 0.15) is 38.8 Å². The third-order valence-electron chi connectivity index (χ3n) is 4.78. The van der Waals surface area contributed by atoms with Crippen molar-refractivity contribution in [3.63, 3.8) is 0 Å². The predicted octanol–water partition coefficient (Wildman–Crippen LogP) is 4.41. The normalized spacial score (nSPS) is 22.6. The topological polar surface area (TPSA) is 12.0 Å². The van der Waals surface area contributed by atoms with Crippen LogP contribution in [0.4, 0.5) is 5.69 Å². The van der Waals surface area contributed by atoms with E-state index in [4.69, 9.17) is 0 Å². The van der Waals surface area contributed by atoms with Crippen molar-refractivity contribution >= 4 is 11.3 Å². The van der Waals surface area contributed by atoms with Crippen molar-refractivity contribution in [1.29, 1.82) is 0 Å². The number of nitrogens with one attached hydrogen (secondary N) is 1. The Labute approximate surface area is 110 Å². The SMILES string of the molecule is CC1=C(C)C(C)C(c2cccc3c2NCC3)=C1C. The van der Waals surface area contributed by atoms with Crippen molar-refractivity contribution in [3.8, 4) is 0 Å². The first-order valence-corrected chi connectivity index (χ1v) is 6.86. The summed E-state index contributed by atoms with van der Waals surface area (Å²) in [6.45, 7) is 10.2. The van der Waals surface area contributed by atoms with Gasteiger partial charge in [0.15, 0.2) is 0 Å². The van der Waals surface area contributed by atoms with Gasteiger partial charge in [0.2, 0.25) is 0 Å². The summed E-state index contributed by atoms with van der Waals surface area (Å²) >= 11 is 0. The second-order valence-corrected chi connectivity index (χ2v) is 5.58. The molecule has 0 amide bonds. The van der Waals surface area contributed by atoms with Gasteiger partial charge in [0, 0.05) is 23.7 Å². The molecule has 1 heteroatoms. The van der Waals surface area contributed by atoms with Crippen molar-refractivity contribution in [3.05, 3.63) is 46.0 Å². The molecule has 1 aromatic rings. The molecular formula is C17H21N. The number of hydrogen-bond acceptors (Lipinski definition) is 1. The maximum Gasteiger partial charge on any atom is 0.0450 e. The highest BCUT2D eigenvalue weighted by molar-refractivity contribution is 5.87. The monoisotopic (exact) mass is 239 g/mol. The molecule has 1 N–H and O–H groups in total. The van der Waals surface area contributed by atoms with Crippen molar-refractivity contribution in [2.24, 2.45) is 5.92 Å². The molecule has 94 valence electrons. The van der Waals surface area contributed by atoms with Crippen LogP contribution in [-0.2, 0) is 6.42 Å². The third-order valence-corrected chi connectivity index (χ3v) is 4.78. The quantitative estimate of drug-likeness (QED) is 0.765. The summed E-state index contributed by atoms with van der Waals surface area (Å²) in [5, 5.41) is 3.56. The van der Waals surface area contributed by atoms with Gasteiger partial charge in [-0.05, 0) is 49.5 Å². The van der Waals surface area contributed by atoms with Crippen molar-refractivity contribution in [2.45, 2.75) is 34.1 Å². The number of fused-ring (bicyclic) bond motifs is 1. The van der Waals surface area contributed by atoms with Gasteiger partial charge in [-0.15, -0.1) is 0 Å². The van der Waals surface area contributed by atoms with E-state index in [9.17, 15) is 0 Å². The molecule has 0 radical (unpaired) electrons. The van der Waals surface area contributed by atoms with Crippen molar-refractivity contribution in [2.75, 3.05) is 11.9 Å². The molecule has 1 aliphatic heterocycles. The van der Waals surface area contributed by atoms with Crippen molar-refractivity contribution < 1.29 is 0 Å². The lowest BCUT2D eigenvalue weighted by molar-refractivity contribution is 0.895. The fraction of sp³-hybridized carbons (Fsp3) is 0.412. The van der Waals surface area contributed by atoms with Gasteiger partial charge in [-0.3, -0.25) is 0 Å². The first-order valence-electron chi connectivity index (χ1n) is 6.86. The molecule has 1 aliphatic carbocycles. The molecular weight excluding hydrogens is 218 g/mol. The lowest BCUT2D eigenvalue weighted by Crippen LogP contribution is -2.01. The van der Waals surface area contributed by atoms with E-state index < -0.39 is 0 Å². The Morgan fingerprint density at radius 1 is 1.11 bits per heavy atom. The molecule has 0 aromatic heterocycles. The molecule has 0 spiro atoms. The van der Waals surface area contributed by atoms with Crippen LogP contribution in [0.25, 0.3) is 5.57 Å². The van der Waals surface area contributed by atoms with E-state index in [1.165, 1.54) is 39.1 Å². The van der Waals surface area contributed by atoms with Gasteiger partial charge >= 0.3 is 0 Å². The number of allylic oxidation sites excluding steroid dienone is 4. The Morgan fingerprint density at radius 3 is 2.56 bits per heavy atom. The zero-order chi connectivity index (χ0) is 12.9. The Morgan fingerprint density at radius 2 is 1.89 bits per heavy atom. The number of rotatable bonds is 1. The minimum absolute atomic E-state index is 0.555. The van der Waals surface area contributed by atoms with E-state index in [-0.39, 0.29) is 0 Å². The Hall–Kier alpha value is -1.50. The van der Waals surface area contributed by atoms with Gasteiger partial charge in [0.05, 0.1) is 0 Å². The van der Waals surface area contributed by atoms with Crippen LogP contribution in [0, 0.1) is 5.92 Å². The van der Waals surface area contributed by atoms with Gasteiger partial charge in [-0.2, -0.15) is 0 Å². The average Bonchev–Trinajstić information content (AvgIpc) is 2.91. The van der Waals surface area contributed by atoms with Crippen LogP contribution in [0.2, 0.25) is 0 Å². The van der Waals surface area contributed by atoms with E-state index in [0.717, 1.165) is 13.0 Å². The Bertz CT molecular complexity index is 575. The molecule has 1 aromatic carbocycles. The number of hydrogen-bond donors (Lipinski definition) is 1. The molecule has 0 saturated carbocycles. The van der Waals surface area contributed by atoms with Gasteiger partial charge in [0.25, 0.3) is 0 Å². The maximum absolute atomic E-state index is 3.56. The summed E-state index contributed by atoms with van der Waals surface area (Å²) in [4.78, 5) is 0. The molecule has 1 atom stereocenters. The summed E-state index contributed by atoms with van der Waals surface area (Å²) in [6.07, 6.45) is 1.16. The largest absolute Gasteiger partial charge is 0.384 e. The molecule has 1 nitrogen and oxygen atoms in total. The fourth-order valence-electron chi connectivity index (χ4n) is 3.36. The standard InChI is InChI=1S/C17H21N/c1-10-11(2)13(4)16(12(10)3)15-7-5-6-14-8-9-18-17(14)15/h5-7,12,18H,8-9H2,1-4H3. The highest BCUT2D eigenvalue weighted by Gasteiger charge is 2.27. The average molecular weight is 239 g/mol. The number of para-hydroxylation sites is 1. The van der Waals surface area contributed by atoms with Crippen LogP contribution in [0.3, 0.4) is 0 Å². The Kier molecular flexibility index (Phi) is 2.58. The van der Waals surface area contributed by atoms with E-state index in [1.54, 1.807) is 0 Å². The summed E-state index contributed by atoms with van der Waals surface area (Å²) in [6, 6.07) is 6.73.